The lowest BCUT2D eigenvalue weighted by molar-refractivity contribution is -0.140. The first-order valence-corrected chi connectivity index (χ1v) is 9.59. The molecule has 0 N–H and O–H groups in total. The summed E-state index contributed by atoms with van der Waals surface area (Å²) in [7, 11) is 1.42. The highest BCUT2D eigenvalue weighted by atomic mass is 16.6. The summed E-state index contributed by atoms with van der Waals surface area (Å²) < 4.78 is 9.96. The normalized spacial score (nSPS) is 20.3. The van der Waals surface area contributed by atoms with Gasteiger partial charge in [-0.2, -0.15) is 0 Å². The highest BCUT2D eigenvalue weighted by Crippen LogP contribution is 2.47. The number of hydrogen-bond acceptors (Lipinski definition) is 4. The van der Waals surface area contributed by atoms with Gasteiger partial charge in [-0.3, -0.25) is 9.59 Å². The molecule has 0 amide bonds. The number of esters is 1. The van der Waals surface area contributed by atoms with Crippen molar-refractivity contribution in [3.05, 3.63) is 35.3 Å². The predicted molar refractivity (Wildman–Crippen MR) is 97.7 cm³/mol. The lowest BCUT2D eigenvalue weighted by Gasteiger charge is -2.09. The number of unbranched alkanes of at least 4 members (excludes halogenated alkanes) is 7. The number of hydrogen-bond donors (Lipinski definition) is 0. The van der Waals surface area contributed by atoms with Gasteiger partial charge in [0.2, 0.25) is 11.5 Å². The van der Waals surface area contributed by atoms with Crippen molar-refractivity contribution in [3.63, 3.8) is 0 Å². The number of carbonyl (C=O) groups is 2. The van der Waals surface area contributed by atoms with E-state index in [0.29, 0.717) is 12.2 Å². The van der Waals surface area contributed by atoms with E-state index in [4.69, 9.17) is 4.74 Å². The fourth-order valence-corrected chi connectivity index (χ4v) is 3.14. The van der Waals surface area contributed by atoms with Gasteiger partial charge in [0, 0.05) is 12.0 Å². The molecule has 1 heterocycles. The third-order valence-corrected chi connectivity index (χ3v) is 4.71. The van der Waals surface area contributed by atoms with Crippen molar-refractivity contribution in [2.24, 2.45) is 5.92 Å². The Bertz CT molecular complexity index is 568. The monoisotopic (exact) mass is 346 g/mol. The fraction of sp³-hybridized carbons (Fsp3) is 0.619. The molecule has 4 nitrogen and oxygen atoms in total. The molecule has 0 radical (unpaired) electrons. The second-order valence-corrected chi connectivity index (χ2v) is 6.71. The molecule has 4 heteroatoms. The molecule has 25 heavy (non-hydrogen) atoms. The molecule has 0 spiro atoms. The van der Waals surface area contributed by atoms with Crippen molar-refractivity contribution < 1.29 is 19.1 Å². The zero-order valence-electron chi connectivity index (χ0n) is 15.5. The Hall–Kier alpha value is -1.84. The summed E-state index contributed by atoms with van der Waals surface area (Å²) in [6.45, 7) is 2.21. The zero-order chi connectivity index (χ0) is 18.1. The molecule has 0 aromatic heterocycles. The van der Waals surface area contributed by atoms with Crippen LogP contribution < -0.4 is 0 Å². The number of allylic oxidation sites excluding steroid dienone is 4. The molecule has 1 atom stereocenters. The van der Waals surface area contributed by atoms with Crippen LogP contribution in [-0.2, 0) is 19.1 Å². The molecule has 138 valence electrons. The van der Waals surface area contributed by atoms with E-state index in [-0.39, 0.29) is 17.7 Å². The first-order chi connectivity index (χ1) is 12.2. The molecule has 0 fully saturated rings. The zero-order valence-corrected chi connectivity index (χ0v) is 15.5. The number of carbonyl (C=O) groups excluding carboxylic acids is 2. The molecule has 0 saturated heterocycles. The maximum atomic E-state index is 12.2. The van der Waals surface area contributed by atoms with E-state index in [1.165, 1.54) is 32.8 Å². The molecule has 0 bridgehead atoms. The summed E-state index contributed by atoms with van der Waals surface area (Å²) >= 11 is 0. The van der Waals surface area contributed by atoms with Crippen molar-refractivity contribution in [2.75, 3.05) is 7.11 Å². The van der Waals surface area contributed by atoms with Gasteiger partial charge in [-0.25, -0.2) is 0 Å². The third-order valence-electron chi connectivity index (χ3n) is 4.71. The summed E-state index contributed by atoms with van der Waals surface area (Å²) in [5, 5.41) is 0. The van der Waals surface area contributed by atoms with E-state index in [1.54, 1.807) is 0 Å². The van der Waals surface area contributed by atoms with Crippen LogP contribution in [0.25, 0.3) is 0 Å². The Morgan fingerprint density at radius 1 is 1.12 bits per heavy atom. The van der Waals surface area contributed by atoms with E-state index in [9.17, 15) is 9.59 Å². The Kier molecular flexibility index (Phi) is 7.96. The smallest absolute Gasteiger partial charge is 0.305 e. The van der Waals surface area contributed by atoms with Gasteiger partial charge in [-0.1, -0.05) is 50.8 Å². The fourth-order valence-electron chi connectivity index (χ4n) is 3.14. The molecule has 2 aliphatic rings. The molecule has 1 aliphatic carbocycles. The number of ketones is 1. The predicted octanol–water partition coefficient (Wildman–Crippen LogP) is 5.00. The molecule has 0 saturated carbocycles. The van der Waals surface area contributed by atoms with Crippen LogP contribution in [-0.4, -0.2) is 18.9 Å². The van der Waals surface area contributed by atoms with Crippen LogP contribution in [0.4, 0.5) is 0 Å². The van der Waals surface area contributed by atoms with Gasteiger partial charge in [-0.05, 0) is 32.1 Å². The van der Waals surface area contributed by atoms with Gasteiger partial charge >= 0.3 is 5.97 Å². The first kappa shape index (κ1) is 19.5. The van der Waals surface area contributed by atoms with Gasteiger partial charge in [-0.15, -0.1) is 0 Å². The van der Waals surface area contributed by atoms with Gasteiger partial charge in [0.25, 0.3) is 0 Å². The van der Waals surface area contributed by atoms with Crippen LogP contribution in [0, 0.1) is 5.92 Å². The lowest BCUT2D eigenvalue weighted by atomic mass is 9.97. The topological polar surface area (TPSA) is 55.9 Å². The second kappa shape index (κ2) is 10.2. The van der Waals surface area contributed by atoms with E-state index >= 15 is 0 Å². The summed E-state index contributed by atoms with van der Waals surface area (Å²) in [6, 6.07) is 0. The van der Waals surface area contributed by atoms with Crippen molar-refractivity contribution in [1.82, 2.24) is 0 Å². The van der Waals surface area contributed by atoms with Crippen molar-refractivity contribution in [2.45, 2.75) is 71.1 Å². The van der Waals surface area contributed by atoms with Crippen LogP contribution in [0.5, 0.6) is 0 Å². The Balaban J connectivity index is 1.73. The molecule has 0 aromatic carbocycles. The van der Waals surface area contributed by atoms with E-state index in [1.807, 2.05) is 0 Å². The van der Waals surface area contributed by atoms with Crippen LogP contribution in [0.15, 0.2) is 35.3 Å². The second-order valence-electron chi connectivity index (χ2n) is 6.71. The minimum atomic E-state index is -0.154. The maximum Gasteiger partial charge on any atom is 0.305 e. The average molecular weight is 346 g/mol. The first-order valence-electron chi connectivity index (χ1n) is 9.59. The number of methoxy groups -OCH3 is 1. The Morgan fingerprint density at radius 3 is 2.64 bits per heavy atom. The van der Waals surface area contributed by atoms with Crippen LogP contribution in [0.3, 0.4) is 0 Å². The molecule has 0 unspecified atom stereocenters. The van der Waals surface area contributed by atoms with Crippen LogP contribution >= 0.6 is 0 Å². The maximum absolute atomic E-state index is 12.2. The molecule has 1 aliphatic heterocycles. The summed E-state index contributed by atoms with van der Waals surface area (Å²) in [5.74, 6) is 1.36. The SMILES string of the molecule is CCCCCC/C=C/[C@H]1C2=C(O2)C(=O)/C1=C\CCCCCC(=O)OC. The van der Waals surface area contributed by atoms with E-state index in [0.717, 1.165) is 43.4 Å². The van der Waals surface area contributed by atoms with Crippen LogP contribution in [0.1, 0.15) is 71.1 Å². The average Bonchev–Trinajstić information content (AvgIpc) is 3.36. The third kappa shape index (κ3) is 5.87. The lowest BCUT2D eigenvalue weighted by Crippen LogP contribution is -2.08. The van der Waals surface area contributed by atoms with Crippen LogP contribution in [0.2, 0.25) is 0 Å². The highest BCUT2D eigenvalue weighted by molar-refractivity contribution is 6.14. The summed E-state index contributed by atoms with van der Waals surface area (Å²) in [6.07, 6.45) is 16.6. The largest absolute Gasteiger partial charge is 0.469 e. The summed E-state index contributed by atoms with van der Waals surface area (Å²) in [5.41, 5.74) is 0.869. The van der Waals surface area contributed by atoms with Gasteiger partial charge < -0.3 is 9.47 Å². The molecule has 0 aromatic rings. The quantitative estimate of drug-likeness (QED) is 0.216. The van der Waals surface area contributed by atoms with Crippen molar-refractivity contribution in [1.29, 1.82) is 0 Å². The molecular weight excluding hydrogens is 316 g/mol. The van der Waals surface area contributed by atoms with Gasteiger partial charge in [0.15, 0.2) is 5.76 Å². The number of ether oxygens (including phenoxy) is 2. The van der Waals surface area contributed by atoms with E-state index in [2.05, 4.69) is 29.9 Å². The molecular formula is C21H30O4. The minimum absolute atomic E-state index is 0.0312. The molecule has 2 rings (SSSR count). The Morgan fingerprint density at radius 2 is 1.88 bits per heavy atom. The van der Waals surface area contributed by atoms with Crippen molar-refractivity contribution in [3.8, 4) is 0 Å². The van der Waals surface area contributed by atoms with Gasteiger partial charge in [0.05, 0.1) is 13.0 Å². The van der Waals surface area contributed by atoms with E-state index < -0.39 is 0 Å². The minimum Gasteiger partial charge on any atom is -0.469 e. The summed E-state index contributed by atoms with van der Waals surface area (Å²) in [4.78, 5) is 23.3. The van der Waals surface area contributed by atoms with Gasteiger partial charge in [0.1, 0.15) is 0 Å². The highest BCUT2D eigenvalue weighted by Gasteiger charge is 2.48. The number of rotatable bonds is 12. The van der Waals surface area contributed by atoms with Crippen molar-refractivity contribution >= 4 is 11.8 Å². The number of Topliss-reactive ketones (excluding diaryl/α,β-unsaturated/α-hetero) is 1. The standard InChI is InChI=1S/C21H30O4/c1-3-4-5-6-7-11-14-17-16(19(23)21-20(17)25-21)13-10-8-9-12-15-18(22)24-2/h11,13-14,17H,3-10,12,15H2,1-2H3/b14-11+,16-13-/t17-/m1/s1. The Labute approximate surface area is 151 Å².